The lowest BCUT2D eigenvalue weighted by atomic mass is 10.00. The Bertz CT molecular complexity index is 1370. The molecule has 0 atom stereocenters. The molecular formula is C27H22BrN3O5. The van der Waals surface area contributed by atoms with Crippen molar-refractivity contribution in [3.05, 3.63) is 111 Å². The van der Waals surface area contributed by atoms with Crippen LogP contribution in [0.3, 0.4) is 0 Å². The van der Waals surface area contributed by atoms with E-state index < -0.39 is 4.92 Å². The third-order valence-corrected chi connectivity index (χ3v) is 5.94. The van der Waals surface area contributed by atoms with Gasteiger partial charge in [-0.05, 0) is 42.8 Å². The Kier molecular flexibility index (Phi) is 7.60. The third kappa shape index (κ3) is 5.21. The molecule has 1 heterocycles. The fourth-order valence-electron chi connectivity index (χ4n) is 3.59. The average Bonchev–Trinajstić information content (AvgIpc) is 3.21. The number of non-ortho nitro benzene ring substituents is 1. The SMILES string of the molecule is C=CCOc1cc(Br)c(/C=C2\C(=O)N(c3ccc([N+](=O)[O-])cc3)N=C2c2ccccc2)cc1OCC. The second-order valence-corrected chi connectivity index (χ2v) is 8.47. The number of rotatable bonds is 9. The summed E-state index contributed by atoms with van der Waals surface area (Å²) >= 11 is 3.57. The predicted octanol–water partition coefficient (Wildman–Crippen LogP) is 6.16. The van der Waals surface area contributed by atoms with Crippen LogP contribution in [0.4, 0.5) is 11.4 Å². The van der Waals surface area contributed by atoms with Crippen LogP contribution in [0.2, 0.25) is 0 Å². The zero-order chi connectivity index (χ0) is 25.7. The van der Waals surface area contributed by atoms with Crippen molar-refractivity contribution in [1.82, 2.24) is 0 Å². The molecule has 0 saturated heterocycles. The molecule has 9 heteroatoms. The number of carbonyl (C=O) groups is 1. The van der Waals surface area contributed by atoms with Crippen molar-refractivity contribution in [3.8, 4) is 11.5 Å². The molecule has 36 heavy (non-hydrogen) atoms. The molecule has 0 N–H and O–H groups in total. The molecule has 0 bridgehead atoms. The van der Waals surface area contributed by atoms with E-state index in [0.29, 0.717) is 51.7 Å². The third-order valence-electron chi connectivity index (χ3n) is 5.25. The van der Waals surface area contributed by atoms with E-state index >= 15 is 0 Å². The molecule has 1 aliphatic rings. The van der Waals surface area contributed by atoms with Crippen LogP contribution in [0, 0.1) is 10.1 Å². The van der Waals surface area contributed by atoms with Gasteiger partial charge in [0, 0.05) is 22.2 Å². The molecule has 1 aliphatic heterocycles. The molecule has 0 aromatic heterocycles. The van der Waals surface area contributed by atoms with Crippen molar-refractivity contribution in [2.45, 2.75) is 6.92 Å². The van der Waals surface area contributed by atoms with E-state index in [1.165, 1.54) is 29.3 Å². The van der Waals surface area contributed by atoms with Gasteiger partial charge in [0.15, 0.2) is 11.5 Å². The molecule has 4 rings (SSSR count). The van der Waals surface area contributed by atoms with E-state index in [2.05, 4.69) is 27.6 Å². The Morgan fingerprint density at radius 1 is 1.08 bits per heavy atom. The Morgan fingerprint density at radius 3 is 2.42 bits per heavy atom. The van der Waals surface area contributed by atoms with Crippen molar-refractivity contribution >= 4 is 45.0 Å². The summed E-state index contributed by atoms with van der Waals surface area (Å²) in [5.41, 5.74) is 2.65. The molecule has 0 aliphatic carbocycles. The maximum Gasteiger partial charge on any atom is 0.281 e. The van der Waals surface area contributed by atoms with Gasteiger partial charge in [-0.15, -0.1) is 0 Å². The lowest BCUT2D eigenvalue weighted by molar-refractivity contribution is -0.384. The Hall–Kier alpha value is -4.24. The fraction of sp³-hybridized carbons (Fsp3) is 0.111. The van der Waals surface area contributed by atoms with Gasteiger partial charge in [-0.25, -0.2) is 0 Å². The highest BCUT2D eigenvalue weighted by Gasteiger charge is 2.32. The van der Waals surface area contributed by atoms with Gasteiger partial charge < -0.3 is 9.47 Å². The molecular weight excluding hydrogens is 526 g/mol. The standard InChI is InChI=1S/C27H22BrN3O5/c1-3-14-36-25-17-23(28)19(16-24(25)35-4-2)15-22-26(18-8-6-5-7-9-18)29-30(27(22)32)20-10-12-21(13-11-20)31(33)34/h3,5-13,15-17H,1,4,14H2,2H3/b22-15-. The van der Waals surface area contributed by atoms with Gasteiger partial charge in [-0.2, -0.15) is 10.1 Å². The molecule has 3 aromatic carbocycles. The summed E-state index contributed by atoms with van der Waals surface area (Å²) in [6, 6.07) is 18.6. The number of nitro groups is 1. The van der Waals surface area contributed by atoms with E-state index in [1.54, 1.807) is 24.3 Å². The van der Waals surface area contributed by atoms with Crippen LogP contribution in [0.5, 0.6) is 11.5 Å². The first-order chi connectivity index (χ1) is 17.4. The van der Waals surface area contributed by atoms with Crippen molar-refractivity contribution in [2.75, 3.05) is 18.2 Å². The quantitative estimate of drug-likeness (QED) is 0.138. The predicted molar refractivity (Wildman–Crippen MR) is 143 cm³/mol. The Morgan fingerprint density at radius 2 is 1.78 bits per heavy atom. The van der Waals surface area contributed by atoms with Gasteiger partial charge in [0.25, 0.3) is 11.6 Å². The summed E-state index contributed by atoms with van der Waals surface area (Å²) in [5, 5.41) is 16.9. The highest BCUT2D eigenvalue weighted by atomic mass is 79.9. The fourth-order valence-corrected chi connectivity index (χ4v) is 4.03. The van der Waals surface area contributed by atoms with Crippen LogP contribution in [-0.2, 0) is 4.79 Å². The molecule has 0 fully saturated rings. The van der Waals surface area contributed by atoms with Gasteiger partial charge in [-0.1, -0.05) is 58.9 Å². The van der Waals surface area contributed by atoms with Crippen LogP contribution in [0.1, 0.15) is 18.1 Å². The van der Waals surface area contributed by atoms with Crippen LogP contribution >= 0.6 is 15.9 Å². The van der Waals surface area contributed by atoms with Crippen molar-refractivity contribution in [3.63, 3.8) is 0 Å². The molecule has 8 nitrogen and oxygen atoms in total. The number of ether oxygens (including phenoxy) is 2. The van der Waals surface area contributed by atoms with Gasteiger partial charge in [0.2, 0.25) is 0 Å². The molecule has 0 saturated carbocycles. The van der Waals surface area contributed by atoms with Crippen LogP contribution in [0.25, 0.3) is 6.08 Å². The topological polar surface area (TPSA) is 94.3 Å². The van der Waals surface area contributed by atoms with Crippen LogP contribution in [-0.4, -0.2) is 29.8 Å². The molecule has 0 spiro atoms. The highest BCUT2D eigenvalue weighted by molar-refractivity contribution is 9.10. The minimum Gasteiger partial charge on any atom is -0.490 e. The number of halogens is 1. The second-order valence-electron chi connectivity index (χ2n) is 7.62. The maximum absolute atomic E-state index is 13.6. The number of hydrogen-bond donors (Lipinski definition) is 0. The van der Waals surface area contributed by atoms with E-state index in [0.717, 1.165) is 5.56 Å². The Balaban J connectivity index is 1.80. The zero-order valence-corrected chi connectivity index (χ0v) is 21.0. The zero-order valence-electron chi connectivity index (χ0n) is 19.4. The van der Waals surface area contributed by atoms with Crippen LogP contribution in [0.15, 0.2) is 94.5 Å². The lowest BCUT2D eigenvalue weighted by Gasteiger charge is -2.14. The summed E-state index contributed by atoms with van der Waals surface area (Å²) in [4.78, 5) is 24.1. The largest absolute Gasteiger partial charge is 0.490 e. The van der Waals surface area contributed by atoms with Gasteiger partial charge >= 0.3 is 0 Å². The summed E-state index contributed by atoms with van der Waals surface area (Å²) in [6.45, 7) is 6.31. The van der Waals surface area contributed by atoms with Crippen molar-refractivity contribution in [1.29, 1.82) is 0 Å². The number of anilines is 1. The van der Waals surface area contributed by atoms with E-state index in [1.807, 2.05) is 37.3 Å². The number of nitrogens with zero attached hydrogens (tertiary/aromatic N) is 3. The first-order valence-corrected chi connectivity index (χ1v) is 11.9. The number of carbonyl (C=O) groups excluding carboxylic acids is 1. The molecule has 0 unspecified atom stereocenters. The van der Waals surface area contributed by atoms with E-state index in [4.69, 9.17) is 9.47 Å². The van der Waals surface area contributed by atoms with Gasteiger partial charge in [-0.3, -0.25) is 14.9 Å². The summed E-state index contributed by atoms with van der Waals surface area (Å²) in [7, 11) is 0. The maximum atomic E-state index is 13.6. The number of hydrazone groups is 1. The first kappa shape index (κ1) is 24.9. The second kappa shape index (κ2) is 11.0. The minimum absolute atomic E-state index is 0.0698. The van der Waals surface area contributed by atoms with E-state index in [9.17, 15) is 14.9 Å². The minimum atomic E-state index is -0.491. The average molecular weight is 548 g/mol. The lowest BCUT2D eigenvalue weighted by Crippen LogP contribution is -2.21. The van der Waals surface area contributed by atoms with Crippen molar-refractivity contribution in [2.24, 2.45) is 5.10 Å². The highest BCUT2D eigenvalue weighted by Crippen LogP contribution is 2.36. The van der Waals surface area contributed by atoms with E-state index in [-0.39, 0.29) is 11.6 Å². The summed E-state index contributed by atoms with van der Waals surface area (Å²) in [5.74, 6) is 0.720. The normalized spacial score (nSPS) is 14.1. The number of amides is 1. The molecule has 3 aromatic rings. The summed E-state index contributed by atoms with van der Waals surface area (Å²) in [6.07, 6.45) is 3.38. The molecule has 1 amide bonds. The number of hydrogen-bond acceptors (Lipinski definition) is 6. The monoisotopic (exact) mass is 547 g/mol. The van der Waals surface area contributed by atoms with Gasteiger partial charge in [0.1, 0.15) is 12.3 Å². The Labute approximate surface area is 216 Å². The first-order valence-electron chi connectivity index (χ1n) is 11.1. The smallest absolute Gasteiger partial charge is 0.281 e. The number of nitro benzene ring substituents is 1. The van der Waals surface area contributed by atoms with Gasteiger partial charge in [0.05, 0.1) is 22.8 Å². The van der Waals surface area contributed by atoms with Crippen molar-refractivity contribution < 1.29 is 19.2 Å². The molecule has 0 radical (unpaired) electrons. The number of benzene rings is 3. The molecule has 182 valence electrons. The summed E-state index contributed by atoms with van der Waals surface area (Å²) < 4.78 is 12.2. The van der Waals surface area contributed by atoms with Crippen LogP contribution < -0.4 is 14.5 Å².